The predicted molar refractivity (Wildman–Crippen MR) is 57.9 cm³/mol. The van der Waals surface area contributed by atoms with Gasteiger partial charge in [-0.25, -0.2) is 9.59 Å². The molecule has 1 aromatic rings. The fourth-order valence-corrected chi connectivity index (χ4v) is 1.61. The summed E-state index contributed by atoms with van der Waals surface area (Å²) in [6, 6.07) is 6.16. The molecule has 78 valence electrons. The van der Waals surface area contributed by atoms with E-state index in [2.05, 4.69) is 15.9 Å². The van der Waals surface area contributed by atoms with E-state index in [4.69, 9.17) is 10.2 Å². The molecule has 0 spiro atoms. The average molecular weight is 271 g/mol. The summed E-state index contributed by atoms with van der Waals surface area (Å²) in [5, 5.41) is 17.4. The second-order valence-corrected chi connectivity index (χ2v) is 3.54. The number of rotatable bonds is 3. The van der Waals surface area contributed by atoms with Gasteiger partial charge in [-0.15, -0.1) is 0 Å². The molecule has 0 aliphatic carbocycles. The third-order valence-corrected chi connectivity index (χ3v) is 2.32. The smallest absolute Gasteiger partial charge is 0.336 e. The molecule has 5 heteroatoms. The Bertz CT molecular complexity index is 437. The van der Waals surface area contributed by atoms with Gasteiger partial charge in [0, 0.05) is 16.1 Å². The van der Waals surface area contributed by atoms with E-state index in [1.54, 1.807) is 12.1 Å². The first-order chi connectivity index (χ1) is 7.02. The van der Waals surface area contributed by atoms with Crippen LogP contribution in [0.5, 0.6) is 0 Å². The van der Waals surface area contributed by atoms with Crippen LogP contribution in [0.4, 0.5) is 0 Å². The number of hydrogen-bond donors (Lipinski definition) is 2. The third-order valence-electron chi connectivity index (χ3n) is 1.66. The maximum absolute atomic E-state index is 10.8. The van der Waals surface area contributed by atoms with Crippen LogP contribution in [-0.4, -0.2) is 22.2 Å². The average Bonchev–Trinajstić information content (AvgIpc) is 2.16. The van der Waals surface area contributed by atoms with Gasteiger partial charge in [0.1, 0.15) is 0 Å². The lowest BCUT2D eigenvalue weighted by Crippen LogP contribution is -2.00. The van der Waals surface area contributed by atoms with E-state index in [1.165, 1.54) is 12.1 Å². The lowest BCUT2D eigenvalue weighted by Gasteiger charge is -2.03. The summed E-state index contributed by atoms with van der Waals surface area (Å²) in [6.45, 7) is 0. The van der Waals surface area contributed by atoms with Gasteiger partial charge in [-0.1, -0.05) is 18.2 Å². The van der Waals surface area contributed by atoms with Crippen molar-refractivity contribution in [3.63, 3.8) is 0 Å². The Hall–Kier alpha value is -1.62. The standard InChI is InChI=1S/C10H7BrO4/c11-8(5-9(12)13)6-3-1-2-4-7(6)10(14)15/h1-5H,(H,12,13)(H,14,15)/b8-5-. The molecule has 0 heterocycles. The Morgan fingerprint density at radius 1 is 1.13 bits per heavy atom. The minimum absolute atomic E-state index is 0.0573. The topological polar surface area (TPSA) is 74.6 Å². The van der Waals surface area contributed by atoms with Gasteiger partial charge in [-0.05, 0) is 22.0 Å². The van der Waals surface area contributed by atoms with E-state index in [1.807, 2.05) is 0 Å². The summed E-state index contributed by atoms with van der Waals surface area (Å²) in [5.74, 6) is -2.23. The summed E-state index contributed by atoms with van der Waals surface area (Å²) < 4.78 is 0.230. The fourth-order valence-electron chi connectivity index (χ4n) is 1.06. The number of carboxylic acid groups (broad SMARTS) is 2. The molecule has 0 fully saturated rings. The van der Waals surface area contributed by atoms with Gasteiger partial charge in [-0.2, -0.15) is 0 Å². The van der Waals surface area contributed by atoms with Gasteiger partial charge in [0.2, 0.25) is 0 Å². The lowest BCUT2D eigenvalue weighted by atomic mass is 10.1. The van der Waals surface area contributed by atoms with E-state index in [-0.39, 0.29) is 10.0 Å². The van der Waals surface area contributed by atoms with Crippen molar-refractivity contribution in [3.05, 3.63) is 41.5 Å². The lowest BCUT2D eigenvalue weighted by molar-refractivity contribution is -0.131. The zero-order valence-electron chi connectivity index (χ0n) is 7.48. The van der Waals surface area contributed by atoms with Crippen LogP contribution in [0.25, 0.3) is 4.48 Å². The zero-order chi connectivity index (χ0) is 11.4. The highest BCUT2D eigenvalue weighted by Gasteiger charge is 2.11. The Labute approximate surface area is 94.0 Å². The summed E-state index contributed by atoms with van der Waals surface area (Å²) in [5.41, 5.74) is 0.397. The summed E-state index contributed by atoms with van der Waals surface area (Å²) in [7, 11) is 0. The van der Waals surface area contributed by atoms with Crippen molar-refractivity contribution >= 4 is 32.4 Å². The second-order valence-electron chi connectivity index (χ2n) is 2.68. The van der Waals surface area contributed by atoms with Gasteiger partial charge >= 0.3 is 11.9 Å². The number of hydrogen-bond acceptors (Lipinski definition) is 2. The molecule has 0 saturated heterocycles. The van der Waals surface area contributed by atoms with Crippen molar-refractivity contribution < 1.29 is 19.8 Å². The molecule has 0 aliphatic heterocycles. The molecule has 0 unspecified atom stereocenters. The third kappa shape index (κ3) is 2.92. The molecule has 0 bridgehead atoms. The zero-order valence-corrected chi connectivity index (χ0v) is 9.06. The normalized spacial score (nSPS) is 11.1. The van der Waals surface area contributed by atoms with Gasteiger partial charge in [-0.3, -0.25) is 0 Å². The highest BCUT2D eigenvalue weighted by Crippen LogP contribution is 2.24. The Morgan fingerprint density at radius 3 is 2.13 bits per heavy atom. The second kappa shape index (κ2) is 4.75. The Balaban J connectivity index is 3.25. The van der Waals surface area contributed by atoms with Crippen molar-refractivity contribution in [1.29, 1.82) is 0 Å². The van der Waals surface area contributed by atoms with Crippen LogP contribution >= 0.6 is 15.9 Å². The van der Waals surface area contributed by atoms with Crippen LogP contribution in [0.3, 0.4) is 0 Å². The van der Waals surface area contributed by atoms with Crippen LogP contribution < -0.4 is 0 Å². The predicted octanol–water partition coefficient (Wildman–Crippen LogP) is 2.21. The quantitative estimate of drug-likeness (QED) is 0.826. The van der Waals surface area contributed by atoms with Crippen LogP contribution in [0.15, 0.2) is 30.3 Å². The van der Waals surface area contributed by atoms with Crippen molar-refractivity contribution in [2.24, 2.45) is 0 Å². The number of halogens is 1. The molecule has 0 aliphatic rings. The van der Waals surface area contributed by atoms with Crippen LogP contribution in [0, 0.1) is 0 Å². The molecule has 15 heavy (non-hydrogen) atoms. The largest absolute Gasteiger partial charge is 0.478 e. The van der Waals surface area contributed by atoms with Gasteiger partial charge in [0.15, 0.2) is 0 Å². The van der Waals surface area contributed by atoms with Gasteiger partial charge in [0.25, 0.3) is 0 Å². The minimum Gasteiger partial charge on any atom is -0.478 e. The van der Waals surface area contributed by atoms with Crippen molar-refractivity contribution in [2.45, 2.75) is 0 Å². The molecular formula is C10H7BrO4. The Morgan fingerprint density at radius 2 is 1.67 bits per heavy atom. The van der Waals surface area contributed by atoms with Gasteiger partial charge in [0.05, 0.1) is 5.56 Å². The van der Waals surface area contributed by atoms with Gasteiger partial charge < -0.3 is 10.2 Å². The van der Waals surface area contributed by atoms with E-state index < -0.39 is 11.9 Å². The molecule has 0 aromatic heterocycles. The summed E-state index contributed by atoms with van der Waals surface area (Å²) in [4.78, 5) is 21.2. The highest BCUT2D eigenvalue weighted by atomic mass is 79.9. The van der Waals surface area contributed by atoms with E-state index in [9.17, 15) is 9.59 Å². The summed E-state index contributed by atoms with van der Waals surface area (Å²) >= 11 is 3.02. The van der Waals surface area contributed by atoms with Crippen LogP contribution in [0.2, 0.25) is 0 Å². The number of aromatic carboxylic acids is 1. The molecule has 0 atom stereocenters. The minimum atomic E-state index is -1.14. The number of carboxylic acids is 2. The van der Waals surface area contributed by atoms with E-state index >= 15 is 0 Å². The molecule has 1 aromatic carbocycles. The van der Waals surface area contributed by atoms with E-state index in [0.717, 1.165) is 6.08 Å². The molecule has 2 N–H and O–H groups in total. The monoisotopic (exact) mass is 270 g/mol. The van der Waals surface area contributed by atoms with Crippen LogP contribution in [0.1, 0.15) is 15.9 Å². The molecule has 0 amide bonds. The highest BCUT2D eigenvalue weighted by molar-refractivity contribution is 9.15. The number of aliphatic carboxylic acids is 1. The van der Waals surface area contributed by atoms with E-state index in [0.29, 0.717) is 5.56 Å². The number of benzene rings is 1. The molecule has 0 radical (unpaired) electrons. The first-order valence-electron chi connectivity index (χ1n) is 3.95. The maximum atomic E-state index is 10.8. The number of carbonyl (C=O) groups is 2. The maximum Gasteiger partial charge on any atom is 0.336 e. The van der Waals surface area contributed by atoms with Crippen molar-refractivity contribution in [3.8, 4) is 0 Å². The summed E-state index contributed by atoms with van der Waals surface area (Å²) in [6.07, 6.45) is 0.905. The van der Waals surface area contributed by atoms with Crippen molar-refractivity contribution in [1.82, 2.24) is 0 Å². The molecular weight excluding hydrogens is 264 g/mol. The molecule has 1 rings (SSSR count). The molecule has 4 nitrogen and oxygen atoms in total. The molecule has 0 saturated carbocycles. The fraction of sp³-hybridized carbons (Fsp3) is 0. The van der Waals surface area contributed by atoms with Crippen LogP contribution in [-0.2, 0) is 4.79 Å². The SMILES string of the molecule is O=C(O)/C=C(\Br)c1ccccc1C(=O)O. The van der Waals surface area contributed by atoms with Crippen molar-refractivity contribution in [2.75, 3.05) is 0 Å². The first kappa shape index (κ1) is 11.5. The first-order valence-corrected chi connectivity index (χ1v) is 4.74. The Kier molecular flexibility index (Phi) is 3.62.